The average Bonchev–Trinajstić information content (AvgIpc) is 2.44. The number of para-hydroxylation sites is 1. The predicted molar refractivity (Wildman–Crippen MR) is 91.8 cm³/mol. The van der Waals surface area contributed by atoms with E-state index in [0.717, 1.165) is 0 Å². The molecule has 0 aromatic heterocycles. The van der Waals surface area contributed by atoms with Gasteiger partial charge in [0, 0.05) is 18.4 Å². The van der Waals surface area contributed by atoms with Crippen LogP contribution < -0.4 is 15.3 Å². The number of rotatable bonds is 1. The summed E-state index contributed by atoms with van der Waals surface area (Å²) in [6.07, 6.45) is 0. The molecule has 20 heavy (non-hydrogen) atoms. The Labute approximate surface area is 123 Å². The molecule has 3 rings (SSSR count). The zero-order valence-electron chi connectivity index (χ0n) is 13.1. The number of fused-ring (bicyclic) bond motifs is 2. The fraction of sp³-hybridized carbons (Fsp3) is 0.333. The van der Waals surface area contributed by atoms with Gasteiger partial charge < -0.3 is 4.90 Å². The highest BCUT2D eigenvalue weighted by molar-refractivity contribution is 7.02. The largest absolute Gasteiger partial charge is 0.345 e. The van der Waals surface area contributed by atoms with Gasteiger partial charge in [0.15, 0.2) is 0 Å². The summed E-state index contributed by atoms with van der Waals surface area (Å²) in [7, 11) is 0.627. The van der Waals surface area contributed by atoms with E-state index in [9.17, 15) is 0 Å². The van der Waals surface area contributed by atoms with Crippen molar-refractivity contribution in [3.05, 3.63) is 48.0 Å². The van der Waals surface area contributed by atoms with Crippen LogP contribution in [0, 0.1) is 0 Å². The molecule has 1 aliphatic rings. The Morgan fingerprint density at radius 2 is 1.55 bits per heavy atom. The van der Waals surface area contributed by atoms with Crippen LogP contribution in [0.1, 0.15) is 25.3 Å². The van der Waals surface area contributed by atoms with E-state index in [2.05, 4.69) is 81.4 Å². The van der Waals surface area contributed by atoms with Gasteiger partial charge in [0.1, 0.15) is 8.07 Å². The van der Waals surface area contributed by atoms with Crippen molar-refractivity contribution in [2.45, 2.75) is 32.9 Å². The molecule has 2 aromatic rings. The predicted octanol–water partition coefficient (Wildman–Crippen LogP) is 3.71. The van der Waals surface area contributed by atoms with Crippen LogP contribution in [0.25, 0.3) is 0 Å². The van der Waals surface area contributed by atoms with Gasteiger partial charge in [-0.1, -0.05) is 57.3 Å². The van der Waals surface area contributed by atoms with Crippen molar-refractivity contribution < 1.29 is 0 Å². The Morgan fingerprint density at radius 1 is 0.900 bits per heavy atom. The lowest BCUT2D eigenvalue weighted by Crippen LogP contribution is -2.58. The van der Waals surface area contributed by atoms with E-state index in [1.165, 1.54) is 16.9 Å². The summed E-state index contributed by atoms with van der Waals surface area (Å²) in [5.41, 5.74) is 4.23. The summed E-state index contributed by atoms with van der Waals surface area (Å²) in [5.74, 6) is 0.579. The zero-order valence-corrected chi connectivity index (χ0v) is 14.1. The first-order chi connectivity index (χ1) is 9.43. The number of anilines is 2. The molecule has 0 aliphatic carbocycles. The summed E-state index contributed by atoms with van der Waals surface area (Å²) < 4.78 is 0. The van der Waals surface area contributed by atoms with Gasteiger partial charge in [0.2, 0.25) is 0 Å². The summed E-state index contributed by atoms with van der Waals surface area (Å²) in [6, 6.07) is 16.0. The molecule has 0 atom stereocenters. The van der Waals surface area contributed by atoms with Gasteiger partial charge in [-0.2, -0.15) is 0 Å². The van der Waals surface area contributed by atoms with Gasteiger partial charge in [-0.05, 0) is 34.0 Å². The van der Waals surface area contributed by atoms with Crippen LogP contribution in [-0.4, -0.2) is 15.1 Å². The molecule has 0 unspecified atom stereocenters. The Balaban J connectivity index is 2.25. The Morgan fingerprint density at radius 3 is 2.25 bits per heavy atom. The fourth-order valence-corrected chi connectivity index (χ4v) is 6.36. The van der Waals surface area contributed by atoms with E-state index in [1.807, 2.05) is 0 Å². The molecule has 0 saturated heterocycles. The van der Waals surface area contributed by atoms with Crippen LogP contribution >= 0.6 is 0 Å². The lowest BCUT2D eigenvalue weighted by atomic mass is 10.0. The van der Waals surface area contributed by atoms with Crippen molar-refractivity contribution in [2.24, 2.45) is 0 Å². The monoisotopic (exact) mass is 281 g/mol. The minimum Gasteiger partial charge on any atom is -0.345 e. The molecule has 2 heteroatoms. The highest BCUT2D eigenvalue weighted by Gasteiger charge is 2.36. The number of nitrogens with zero attached hydrogens (tertiary/aromatic N) is 1. The number of hydrogen-bond acceptors (Lipinski definition) is 1. The minimum atomic E-state index is -1.57. The molecule has 1 aliphatic heterocycles. The molecule has 2 aromatic carbocycles. The fourth-order valence-electron chi connectivity index (χ4n) is 3.28. The van der Waals surface area contributed by atoms with Crippen LogP contribution in [0.15, 0.2) is 42.5 Å². The molecule has 0 bridgehead atoms. The topological polar surface area (TPSA) is 3.24 Å². The SMILES string of the molecule is CC(C)c1ccc2c(c1)N(C)c1ccccc1[Si]2(C)C. The van der Waals surface area contributed by atoms with Gasteiger partial charge in [0.05, 0.1) is 0 Å². The molecule has 104 valence electrons. The molecule has 1 heterocycles. The van der Waals surface area contributed by atoms with Gasteiger partial charge in [-0.25, -0.2) is 0 Å². The first-order valence-corrected chi connectivity index (χ1v) is 10.4. The van der Waals surface area contributed by atoms with Gasteiger partial charge in [-0.3, -0.25) is 0 Å². The molecule has 0 amide bonds. The van der Waals surface area contributed by atoms with E-state index in [1.54, 1.807) is 10.4 Å². The van der Waals surface area contributed by atoms with Gasteiger partial charge in [-0.15, -0.1) is 0 Å². The van der Waals surface area contributed by atoms with Gasteiger partial charge >= 0.3 is 0 Å². The second-order valence-electron chi connectivity index (χ2n) is 6.63. The van der Waals surface area contributed by atoms with Crippen LogP contribution in [0.2, 0.25) is 13.1 Å². The third-order valence-electron chi connectivity index (χ3n) is 4.66. The van der Waals surface area contributed by atoms with Crippen LogP contribution in [0.5, 0.6) is 0 Å². The average molecular weight is 281 g/mol. The molecule has 0 radical (unpaired) electrons. The van der Waals surface area contributed by atoms with E-state index in [0.29, 0.717) is 5.92 Å². The summed E-state index contributed by atoms with van der Waals surface area (Å²) in [6.45, 7) is 9.46. The van der Waals surface area contributed by atoms with Crippen molar-refractivity contribution in [3.8, 4) is 0 Å². The van der Waals surface area contributed by atoms with E-state index >= 15 is 0 Å². The Kier molecular flexibility index (Phi) is 3.02. The molecule has 0 saturated carbocycles. The third-order valence-corrected chi connectivity index (χ3v) is 8.20. The first-order valence-electron chi connectivity index (χ1n) is 7.40. The second-order valence-corrected chi connectivity index (χ2v) is 11.0. The zero-order chi connectivity index (χ0) is 14.5. The summed E-state index contributed by atoms with van der Waals surface area (Å²) >= 11 is 0. The Hall–Kier alpha value is -1.54. The van der Waals surface area contributed by atoms with Crippen molar-refractivity contribution in [1.29, 1.82) is 0 Å². The molecule has 1 nitrogen and oxygen atoms in total. The van der Waals surface area contributed by atoms with Crippen molar-refractivity contribution >= 4 is 29.8 Å². The lowest BCUT2D eigenvalue weighted by molar-refractivity contribution is 0.866. The van der Waals surface area contributed by atoms with E-state index < -0.39 is 8.07 Å². The molecule has 0 fully saturated rings. The quantitative estimate of drug-likeness (QED) is 0.720. The molecular weight excluding hydrogens is 258 g/mol. The van der Waals surface area contributed by atoms with Crippen molar-refractivity contribution in [1.82, 2.24) is 0 Å². The summed E-state index contributed by atoms with van der Waals surface area (Å²) in [4.78, 5) is 2.37. The first kappa shape index (κ1) is 13.4. The molecular formula is C18H23NSi. The number of benzene rings is 2. The maximum atomic E-state index is 2.46. The van der Waals surface area contributed by atoms with Crippen LogP contribution in [-0.2, 0) is 0 Å². The van der Waals surface area contributed by atoms with Crippen molar-refractivity contribution in [2.75, 3.05) is 11.9 Å². The van der Waals surface area contributed by atoms with E-state index in [-0.39, 0.29) is 0 Å². The highest BCUT2D eigenvalue weighted by Crippen LogP contribution is 2.31. The van der Waals surface area contributed by atoms with Crippen molar-refractivity contribution in [3.63, 3.8) is 0 Å². The highest BCUT2D eigenvalue weighted by atomic mass is 28.3. The third kappa shape index (κ3) is 1.82. The maximum absolute atomic E-state index is 2.46. The summed E-state index contributed by atoms with van der Waals surface area (Å²) in [5, 5.41) is 3.11. The number of hydrogen-bond donors (Lipinski definition) is 0. The Bertz CT molecular complexity index is 658. The standard InChI is InChI=1S/C18H23NSi/c1-13(2)14-10-11-18-16(12-14)19(3)15-8-6-7-9-17(15)20(18,4)5/h6-13H,1-5H3. The van der Waals surface area contributed by atoms with Crippen LogP contribution in [0.4, 0.5) is 11.4 Å². The smallest absolute Gasteiger partial charge is 0.117 e. The molecule has 0 N–H and O–H groups in total. The van der Waals surface area contributed by atoms with Gasteiger partial charge in [0.25, 0.3) is 0 Å². The second kappa shape index (κ2) is 4.49. The molecule has 0 spiro atoms. The van der Waals surface area contributed by atoms with E-state index in [4.69, 9.17) is 0 Å². The van der Waals surface area contributed by atoms with Crippen LogP contribution in [0.3, 0.4) is 0 Å². The minimum absolute atomic E-state index is 0.579. The normalized spacial score (nSPS) is 16.0. The lowest BCUT2D eigenvalue weighted by Gasteiger charge is -2.39. The maximum Gasteiger partial charge on any atom is 0.117 e.